The van der Waals surface area contributed by atoms with E-state index in [9.17, 15) is 5.11 Å². The molecular formula is C15H17BrN2O. The van der Waals surface area contributed by atoms with Gasteiger partial charge in [-0.25, -0.2) is 0 Å². The van der Waals surface area contributed by atoms with Crippen LogP contribution < -0.4 is 4.90 Å². The minimum atomic E-state index is -0.464. The van der Waals surface area contributed by atoms with Gasteiger partial charge >= 0.3 is 0 Å². The lowest BCUT2D eigenvalue weighted by Gasteiger charge is -2.21. The highest BCUT2D eigenvalue weighted by Crippen LogP contribution is 2.28. The van der Waals surface area contributed by atoms with Crippen molar-refractivity contribution in [1.82, 2.24) is 4.98 Å². The molecule has 0 amide bonds. The van der Waals surface area contributed by atoms with Crippen molar-refractivity contribution >= 4 is 21.6 Å². The van der Waals surface area contributed by atoms with Crippen LogP contribution in [-0.2, 0) is 6.54 Å². The van der Waals surface area contributed by atoms with Crippen LogP contribution in [0.4, 0.5) is 5.69 Å². The number of aliphatic hydroxyl groups is 1. The van der Waals surface area contributed by atoms with Crippen LogP contribution in [0.3, 0.4) is 0 Å². The number of benzene rings is 1. The van der Waals surface area contributed by atoms with Gasteiger partial charge in [0.15, 0.2) is 0 Å². The predicted molar refractivity (Wildman–Crippen MR) is 81.1 cm³/mol. The fraction of sp³-hybridized carbons (Fsp3) is 0.267. The Kier molecular flexibility index (Phi) is 4.56. The molecule has 4 heteroatoms. The lowest BCUT2D eigenvalue weighted by atomic mass is 10.1. The monoisotopic (exact) mass is 320 g/mol. The highest BCUT2D eigenvalue weighted by atomic mass is 79.9. The van der Waals surface area contributed by atoms with Crippen LogP contribution >= 0.6 is 15.9 Å². The molecule has 1 aromatic heterocycles. The van der Waals surface area contributed by atoms with Crippen LogP contribution in [0.5, 0.6) is 0 Å². The molecule has 1 atom stereocenters. The molecule has 1 aromatic carbocycles. The van der Waals surface area contributed by atoms with Crippen molar-refractivity contribution in [3.63, 3.8) is 0 Å². The SMILES string of the molecule is C[C@@H](O)c1ccc(N(C)Cc2ccncc2)cc1Br. The van der Waals surface area contributed by atoms with Crippen molar-refractivity contribution in [3.8, 4) is 0 Å². The number of hydrogen-bond donors (Lipinski definition) is 1. The van der Waals surface area contributed by atoms with E-state index in [0.29, 0.717) is 0 Å². The molecule has 2 aromatic rings. The van der Waals surface area contributed by atoms with Crippen molar-refractivity contribution < 1.29 is 5.11 Å². The van der Waals surface area contributed by atoms with Crippen molar-refractivity contribution in [1.29, 1.82) is 0 Å². The molecule has 0 fully saturated rings. The molecule has 0 radical (unpaired) electrons. The average molecular weight is 321 g/mol. The maximum atomic E-state index is 9.62. The molecule has 1 N–H and O–H groups in total. The van der Waals surface area contributed by atoms with E-state index in [1.807, 2.05) is 37.4 Å². The third-order valence-corrected chi connectivity index (χ3v) is 3.73. The fourth-order valence-corrected chi connectivity index (χ4v) is 2.64. The molecule has 0 saturated heterocycles. The van der Waals surface area contributed by atoms with Gasteiger partial charge in [-0.1, -0.05) is 22.0 Å². The molecule has 3 nitrogen and oxygen atoms in total. The predicted octanol–water partition coefficient (Wildman–Crippen LogP) is 3.53. The van der Waals surface area contributed by atoms with E-state index in [1.165, 1.54) is 5.56 Å². The summed E-state index contributed by atoms with van der Waals surface area (Å²) in [5.74, 6) is 0. The lowest BCUT2D eigenvalue weighted by molar-refractivity contribution is 0.198. The Morgan fingerprint density at radius 1 is 1.26 bits per heavy atom. The Bertz CT molecular complexity index is 543. The Labute approximate surface area is 122 Å². The molecule has 100 valence electrons. The van der Waals surface area contributed by atoms with Gasteiger partial charge in [0, 0.05) is 36.1 Å². The molecule has 0 bridgehead atoms. The summed E-state index contributed by atoms with van der Waals surface area (Å²) in [4.78, 5) is 6.18. The molecule has 0 aliphatic heterocycles. The number of aliphatic hydroxyl groups excluding tert-OH is 1. The highest BCUT2D eigenvalue weighted by molar-refractivity contribution is 9.10. The number of pyridine rings is 1. The summed E-state index contributed by atoms with van der Waals surface area (Å²) < 4.78 is 0.932. The summed E-state index contributed by atoms with van der Waals surface area (Å²) in [7, 11) is 2.05. The fourth-order valence-electron chi connectivity index (χ4n) is 1.95. The van der Waals surface area contributed by atoms with Gasteiger partial charge in [-0.05, 0) is 42.3 Å². The van der Waals surface area contributed by atoms with Gasteiger partial charge in [-0.15, -0.1) is 0 Å². The van der Waals surface area contributed by atoms with E-state index in [1.54, 1.807) is 19.3 Å². The van der Waals surface area contributed by atoms with E-state index in [0.717, 1.165) is 22.3 Å². The van der Waals surface area contributed by atoms with Crippen molar-refractivity contribution in [2.45, 2.75) is 19.6 Å². The molecule has 0 aliphatic carbocycles. The standard InChI is InChI=1S/C15H17BrN2O/c1-11(19)14-4-3-13(9-15(14)16)18(2)10-12-5-7-17-8-6-12/h3-9,11,19H,10H2,1-2H3/t11-/m1/s1. The molecule has 0 saturated carbocycles. The van der Waals surface area contributed by atoms with Crippen LogP contribution in [0.15, 0.2) is 47.2 Å². The quantitative estimate of drug-likeness (QED) is 0.936. The minimum Gasteiger partial charge on any atom is -0.389 e. The largest absolute Gasteiger partial charge is 0.389 e. The normalized spacial score (nSPS) is 12.2. The summed E-state index contributed by atoms with van der Waals surface area (Å²) >= 11 is 3.50. The number of nitrogens with zero attached hydrogens (tertiary/aromatic N) is 2. The molecule has 2 rings (SSSR count). The Morgan fingerprint density at radius 3 is 2.53 bits per heavy atom. The maximum absolute atomic E-state index is 9.62. The molecule has 0 unspecified atom stereocenters. The average Bonchev–Trinajstić information content (AvgIpc) is 2.39. The van der Waals surface area contributed by atoms with Crippen LogP contribution in [0.25, 0.3) is 0 Å². The molecule has 19 heavy (non-hydrogen) atoms. The summed E-state index contributed by atoms with van der Waals surface area (Å²) in [6.45, 7) is 2.59. The second-order valence-corrected chi connectivity index (χ2v) is 5.45. The number of halogens is 1. The number of hydrogen-bond acceptors (Lipinski definition) is 3. The smallest absolute Gasteiger partial charge is 0.0772 e. The molecule has 1 heterocycles. The minimum absolute atomic E-state index is 0.464. The van der Waals surface area contributed by atoms with Gasteiger partial charge in [0.2, 0.25) is 0 Å². The van der Waals surface area contributed by atoms with Crippen LogP contribution in [0, 0.1) is 0 Å². The molecule has 0 spiro atoms. The first-order chi connectivity index (χ1) is 9.08. The number of anilines is 1. The number of rotatable bonds is 4. The van der Waals surface area contributed by atoms with E-state index in [2.05, 4.69) is 25.8 Å². The Balaban J connectivity index is 2.16. The zero-order valence-electron chi connectivity index (χ0n) is 11.0. The van der Waals surface area contributed by atoms with Gasteiger partial charge in [-0.2, -0.15) is 0 Å². The molecular weight excluding hydrogens is 304 g/mol. The van der Waals surface area contributed by atoms with Crippen molar-refractivity contribution in [2.75, 3.05) is 11.9 Å². The first-order valence-electron chi connectivity index (χ1n) is 6.15. The van der Waals surface area contributed by atoms with Crippen LogP contribution in [-0.4, -0.2) is 17.1 Å². The Hall–Kier alpha value is -1.39. The van der Waals surface area contributed by atoms with Crippen molar-refractivity contribution in [3.05, 3.63) is 58.3 Å². The molecule has 0 aliphatic rings. The zero-order valence-corrected chi connectivity index (χ0v) is 12.6. The second kappa shape index (κ2) is 6.17. The summed E-state index contributed by atoms with van der Waals surface area (Å²) in [6.07, 6.45) is 3.14. The summed E-state index contributed by atoms with van der Waals surface area (Å²) in [5, 5.41) is 9.62. The third-order valence-electron chi connectivity index (χ3n) is 3.04. The summed E-state index contributed by atoms with van der Waals surface area (Å²) in [5.41, 5.74) is 3.22. The Morgan fingerprint density at radius 2 is 1.95 bits per heavy atom. The van der Waals surface area contributed by atoms with Gasteiger partial charge in [-0.3, -0.25) is 4.98 Å². The van der Waals surface area contributed by atoms with Crippen LogP contribution in [0.2, 0.25) is 0 Å². The van der Waals surface area contributed by atoms with Crippen LogP contribution in [0.1, 0.15) is 24.2 Å². The first-order valence-corrected chi connectivity index (χ1v) is 6.95. The lowest BCUT2D eigenvalue weighted by Crippen LogP contribution is -2.16. The zero-order chi connectivity index (χ0) is 13.8. The van der Waals surface area contributed by atoms with Gasteiger partial charge in [0.1, 0.15) is 0 Å². The highest BCUT2D eigenvalue weighted by Gasteiger charge is 2.09. The first kappa shape index (κ1) is 14.0. The van der Waals surface area contributed by atoms with E-state index >= 15 is 0 Å². The topological polar surface area (TPSA) is 36.4 Å². The van der Waals surface area contributed by atoms with Gasteiger partial charge in [0.25, 0.3) is 0 Å². The van der Waals surface area contributed by atoms with Gasteiger partial charge in [0.05, 0.1) is 6.10 Å². The summed E-state index contributed by atoms with van der Waals surface area (Å²) in [6, 6.07) is 10.0. The van der Waals surface area contributed by atoms with E-state index < -0.39 is 6.10 Å². The van der Waals surface area contributed by atoms with Crippen molar-refractivity contribution in [2.24, 2.45) is 0 Å². The number of aromatic nitrogens is 1. The maximum Gasteiger partial charge on any atom is 0.0772 e. The van der Waals surface area contributed by atoms with E-state index in [-0.39, 0.29) is 0 Å². The van der Waals surface area contributed by atoms with E-state index in [4.69, 9.17) is 0 Å². The van der Waals surface area contributed by atoms with Gasteiger partial charge < -0.3 is 10.0 Å². The second-order valence-electron chi connectivity index (χ2n) is 4.59. The third kappa shape index (κ3) is 3.55.